The van der Waals surface area contributed by atoms with Gasteiger partial charge in [0, 0.05) is 17.0 Å². The molecule has 142 valence electrons. The number of nitrogens with zero attached hydrogens (tertiary/aromatic N) is 2. The van der Waals surface area contributed by atoms with Crippen molar-refractivity contribution in [1.82, 2.24) is 9.22 Å². The maximum atomic E-state index is 14.4. The van der Waals surface area contributed by atoms with Crippen LogP contribution in [0.5, 0.6) is 0 Å². The van der Waals surface area contributed by atoms with Gasteiger partial charge in [0.1, 0.15) is 11.5 Å². The number of hydrogen-bond donors (Lipinski definition) is 0. The van der Waals surface area contributed by atoms with Crippen molar-refractivity contribution >= 4 is 31.3 Å². The molecular weight excluding hydrogens is 347 g/mol. The normalized spacial score (nSPS) is 12.9. The molecule has 26 heavy (non-hydrogen) atoms. The lowest BCUT2D eigenvalue weighted by atomic mass is 10.1. The van der Waals surface area contributed by atoms with E-state index < -0.39 is 20.0 Å². The van der Waals surface area contributed by atoms with Gasteiger partial charge in [0.15, 0.2) is 8.24 Å². The fraction of sp³-hybridized carbons (Fsp3) is 0.500. The lowest BCUT2D eigenvalue weighted by Gasteiger charge is -2.44. The topological polar surface area (TPSA) is 44.1 Å². The summed E-state index contributed by atoms with van der Waals surface area (Å²) in [6.45, 7) is 13.7. The molecule has 0 aliphatic heterocycles. The SMILES string of the molecule is COC(=O)C=Cc1c(F)cnc2c1ccn2[Si](C(C)C)(C(C)C)C(C)C. The Morgan fingerprint density at radius 2 is 1.77 bits per heavy atom. The number of fused-ring (bicyclic) bond motifs is 1. The van der Waals surface area contributed by atoms with Crippen LogP contribution < -0.4 is 0 Å². The van der Waals surface area contributed by atoms with Crippen molar-refractivity contribution in [2.75, 3.05) is 7.11 Å². The zero-order chi connectivity index (χ0) is 19.6. The molecule has 2 rings (SSSR count). The number of esters is 1. The quantitative estimate of drug-likeness (QED) is 0.386. The van der Waals surface area contributed by atoms with Gasteiger partial charge >= 0.3 is 5.97 Å². The van der Waals surface area contributed by atoms with Crippen LogP contribution in [0.15, 0.2) is 24.5 Å². The molecule has 0 aromatic carbocycles. The maximum absolute atomic E-state index is 14.4. The summed E-state index contributed by atoms with van der Waals surface area (Å²) >= 11 is 0. The predicted molar refractivity (Wildman–Crippen MR) is 107 cm³/mol. The first-order valence-electron chi connectivity index (χ1n) is 9.09. The lowest BCUT2D eigenvalue weighted by molar-refractivity contribution is -0.134. The minimum absolute atomic E-state index is 0.373. The molecule has 0 N–H and O–H groups in total. The molecule has 0 amide bonds. The molecule has 0 spiro atoms. The van der Waals surface area contributed by atoms with E-state index in [0.29, 0.717) is 22.2 Å². The van der Waals surface area contributed by atoms with Crippen LogP contribution in [-0.4, -0.2) is 30.5 Å². The van der Waals surface area contributed by atoms with E-state index in [1.807, 2.05) is 6.07 Å². The molecule has 2 aromatic rings. The molecular formula is C20H29FN2O2Si. The smallest absolute Gasteiger partial charge is 0.330 e. The highest BCUT2D eigenvalue weighted by Gasteiger charge is 2.46. The van der Waals surface area contributed by atoms with Crippen molar-refractivity contribution in [2.24, 2.45) is 0 Å². The third-order valence-corrected chi connectivity index (χ3v) is 12.2. The Bertz CT molecular complexity index is 803. The number of hydrogen-bond acceptors (Lipinski definition) is 3. The predicted octanol–water partition coefficient (Wildman–Crippen LogP) is 5.39. The van der Waals surface area contributed by atoms with Gasteiger partial charge in [-0.3, -0.25) is 0 Å². The van der Waals surface area contributed by atoms with E-state index in [1.165, 1.54) is 25.5 Å². The van der Waals surface area contributed by atoms with Gasteiger partial charge in [-0.15, -0.1) is 0 Å². The van der Waals surface area contributed by atoms with E-state index in [0.717, 1.165) is 11.0 Å². The number of rotatable bonds is 6. The van der Waals surface area contributed by atoms with Crippen molar-refractivity contribution in [3.8, 4) is 0 Å². The minimum atomic E-state index is -1.99. The van der Waals surface area contributed by atoms with Crippen LogP contribution in [0.2, 0.25) is 16.6 Å². The van der Waals surface area contributed by atoms with Crippen LogP contribution in [0.25, 0.3) is 17.1 Å². The van der Waals surface area contributed by atoms with Crippen LogP contribution in [0.1, 0.15) is 47.1 Å². The van der Waals surface area contributed by atoms with Crippen molar-refractivity contribution in [1.29, 1.82) is 0 Å². The van der Waals surface area contributed by atoms with Crippen LogP contribution in [0.3, 0.4) is 0 Å². The van der Waals surface area contributed by atoms with Gasteiger partial charge in [0.2, 0.25) is 0 Å². The van der Waals surface area contributed by atoms with E-state index in [9.17, 15) is 9.18 Å². The summed E-state index contributed by atoms with van der Waals surface area (Å²) in [5, 5.41) is 0.726. The lowest BCUT2D eigenvalue weighted by Crippen LogP contribution is -2.51. The van der Waals surface area contributed by atoms with Crippen LogP contribution in [-0.2, 0) is 9.53 Å². The van der Waals surface area contributed by atoms with Crippen molar-refractivity contribution in [3.05, 3.63) is 35.9 Å². The summed E-state index contributed by atoms with van der Waals surface area (Å²) in [4.78, 5) is 15.9. The molecule has 0 saturated heterocycles. The van der Waals surface area contributed by atoms with Gasteiger partial charge in [-0.25, -0.2) is 14.2 Å². The third kappa shape index (κ3) is 3.22. The number of methoxy groups -OCH3 is 1. The Labute approximate surface area is 156 Å². The Kier molecular flexibility index (Phi) is 6.06. The summed E-state index contributed by atoms with van der Waals surface area (Å²) in [6.07, 6.45) is 6.01. The van der Waals surface area contributed by atoms with Crippen LogP contribution >= 0.6 is 0 Å². The molecule has 0 bridgehead atoms. The summed E-state index contributed by atoms with van der Waals surface area (Å²) < 4.78 is 21.3. The molecule has 2 heterocycles. The zero-order valence-corrected chi connectivity index (χ0v) is 17.7. The number of ether oxygens (including phenoxy) is 1. The molecule has 0 fully saturated rings. The van der Waals surface area contributed by atoms with Gasteiger partial charge in [0.05, 0.1) is 13.3 Å². The summed E-state index contributed by atoms with van der Waals surface area (Å²) in [5.74, 6) is -0.953. The summed E-state index contributed by atoms with van der Waals surface area (Å²) in [6, 6.07) is 1.91. The number of carbonyl (C=O) groups excluding carboxylic acids is 1. The highest BCUT2D eigenvalue weighted by molar-refractivity contribution is 6.82. The van der Waals surface area contributed by atoms with Crippen LogP contribution in [0, 0.1) is 5.82 Å². The first-order valence-corrected chi connectivity index (χ1v) is 11.3. The highest BCUT2D eigenvalue weighted by Crippen LogP contribution is 2.44. The fourth-order valence-corrected chi connectivity index (χ4v) is 11.2. The molecule has 2 aromatic heterocycles. The molecule has 0 atom stereocenters. The average molecular weight is 377 g/mol. The number of aromatic nitrogens is 2. The highest BCUT2D eigenvalue weighted by atomic mass is 28.3. The number of pyridine rings is 1. The van der Waals surface area contributed by atoms with E-state index in [4.69, 9.17) is 0 Å². The molecule has 0 radical (unpaired) electrons. The molecule has 0 saturated carbocycles. The summed E-state index contributed by atoms with van der Waals surface area (Å²) in [5.41, 5.74) is 2.66. The first kappa shape index (κ1) is 20.4. The van der Waals surface area contributed by atoms with Gasteiger partial charge in [-0.05, 0) is 35.0 Å². The van der Waals surface area contributed by atoms with Crippen molar-refractivity contribution < 1.29 is 13.9 Å². The second kappa shape index (κ2) is 7.74. The maximum Gasteiger partial charge on any atom is 0.330 e. The van der Waals surface area contributed by atoms with E-state index in [-0.39, 0.29) is 0 Å². The zero-order valence-electron chi connectivity index (χ0n) is 16.7. The first-order chi connectivity index (χ1) is 12.2. The average Bonchev–Trinajstić information content (AvgIpc) is 2.97. The number of halogens is 1. The van der Waals surface area contributed by atoms with E-state index in [2.05, 4.69) is 61.7 Å². The largest absolute Gasteiger partial charge is 0.466 e. The second-order valence-electron chi connectivity index (χ2n) is 7.65. The standard InChI is InChI=1S/C20H29FN2O2Si/c1-13(2)26(14(3)4,15(5)6)23-11-10-17-16(8-9-19(24)25-7)18(21)12-22-20(17)23/h8-15H,1-7H3. The molecule has 4 nitrogen and oxygen atoms in total. The van der Waals surface area contributed by atoms with E-state index in [1.54, 1.807) is 0 Å². The Balaban J connectivity index is 2.75. The monoisotopic (exact) mass is 376 g/mol. The molecule has 0 aliphatic carbocycles. The molecule has 6 heteroatoms. The Morgan fingerprint density at radius 3 is 2.27 bits per heavy atom. The number of carbonyl (C=O) groups is 1. The van der Waals surface area contributed by atoms with Gasteiger partial charge < -0.3 is 8.97 Å². The fourth-order valence-electron chi connectivity index (χ4n) is 4.62. The van der Waals surface area contributed by atoms with Crippen molar-refractivity contribution in [2.45, 2.75) is 58.2 Å². The Hall–Kier alpha value is -1.95. The van der Waals surface area contributed by atoms with Gasteiger partial charge in [-0.2, -0.15) is 0 Å². The third-order valence-electron chi connectivity index (χ3n) is 5.49. The van der Waals surface area contributed by atoms with E-state index >= 15 is 0 Å². The van der Waals surface area contributed by atoms with Crippen LogP contribution in [0.4, 0.5) is 4.39 Å². The van der Waals surface area contributed by atoms with Gasteiger partial charge in [-0.1, -0.05) is 41.5 Å². The second-order valence-corrected chi connectivity index (χ2v) is 13.4. The molecule has 0 aliphatic rings. The van der Waals surface area contributed by atoms with Gasteiger partial charge in [0.25, 0.3) is 0 Å². The molecule has 0 unspecified atom stereocenters. The van der Waals surface area contributed by atoms with Crippen molar-refractivity contribution in [3.63, 3.8) is 0 Å². The summed E-state index contributed by atoms with van der Waals surface area (Å²) in [7, 11) is -0.691. The minimum Gasteiger partial charge on any atom is -0.466 e. The Morgan fingerprint density at radius 1 is 1.19 bits per heavy atom.